The average Bonchev–Trinajstić information content (AvgIpc) is 1.94. The molecule has 0 fully saturated rings. The lowest BCUT2D eigenvalue weighted by molar-refractivity contribution is 1.39. The average molecular weight is 262 g/mol. The molecule has 10 heavy (non-hydrogen) atoms. The number of hydrogen-bond donors (Lipinski definition) is 0. The van der Waals surface area contributed by atoms with Crippen molar-refractivity contribution in [3.8, 4) is 0 Å². The summed E-state index contributed by atoms with van der Waals surface area (Å²) in [5, 5.41) is 0.753. The topological polar surface area (TPSA) is 0 Å². The standard InChI is InChI=1S/C7H5BClI/c8-4-5-3-6(10)1-2-7(5)9/h1-3H,4H2. The summed E-state index contributed by atoms with van der Waals surface area (Å²) in [4.78, 5) is 0. The van der Waals surface area contributed by atoms with E-state index in [1.54, 1.807) is 0 Å². The van der Waals surface area contributed by atoms with Crippen LogP contribution in [0.5, 0.6) is 0 Å². The molecule has 0 nitrogen and oxygen atoms in total. The lowest BCUT2D eigenvalue weighted by Crippen LogP contribution is -1.85. The molecular weight excluding hydrogens is 257 g/mol. The third-order valence-electron chi connectivity index (χ3n) is 1.23. The highest BCUT2D eigenvalue weighted by atomic mass is 127. The van der Waals surface area contributed by atoms with E-state index >= 15 is 0 Å². The molecule has 50 valence electrons. The molecule has 0 saturated heterocycles. The van der Waals surface area contributed by atoms with Crippen LogP contribution in [0, 0.1) is 3.57 Å². The fourth-order valence-electron chi connectivity index (χ4n) is 0.700. The van der Waals surface area contributed by atoms with Crippen LogP contribution in [0.4, 0.5) is 0 Å². The van der Waals surface area contributed by atoms with Crippen LogP contribution in [0.15, 0.2) is 18.2 Å². The second kappa shape index (κ2) is 3.63. The van der Waals surface area contributed by atoms with Crippen molar-refractivity contribution in [3.05, 3.63) is 32.4 Å². The molecule has 0 aromatic heterocycles. The van der Waals surface area contributed by atoms with Gasteiger partial charge in [0.1, 0.15) is 0 Å². The van der Waals surface area contributed by atoms with Crippen molar-refractivity contribution in [1.82, 2.24) is 0 Å². The normalized spacial score (nSPS) is 9.80. The van der Waals surface area contributed by atoms with E-state index < -0.39 is 0 Å². The largest absolute Gasteiger partial charge is 0.0841 e. The molecule has 0 spiro atoms. The van der Waals surface area contributed by atoms with Crippen LogP contribution in [-0.2, 0) is 6.32 Å². The first-order valence-electron chi connectivity index (χ1n) is 2.88. The first-order chi connectivity index (χ1) is 4.74. The van der Waals surface area contributed by atoms with Gasteiger partial charge in [-0.05, 0) is 46.4 Å². The first kappa shape index (κ1) is 8.40. The zero-order chi connectivity index (χ0) is 7.56. The number of benzene rings is 1. The van der Waals surface area contributed by atoms with Crippen molar-refractivity contribution in [2.45, 2.75) is 6.32 Å². The Balaban J connectivity index is 3.09. The Morgan fingerprint density at radius 2 is 2.20 bits per heavy atom. The maximum Gasteiger partial charge on any atom is 0.0717 e. The van der Waals surface area contributed by atoms with E-state index in [0.29, 0.717) is 6.32 Å². The van der Waals surface area contributed by atoms with Crippen LogP contribution in [-0.4, -0.2) is 7.85 Å². The Morgan fingerprint density at radius 1 is 1.50 bits per heavy atom. The second-order valence-electron chi connectivity index (χ2n) is 1.94. The van der Waals surface area contributed by atoms with Gasteiger partial charge in [-0.3, -0.25) is 0 Å². The molecule has 0 unspecified atom stereocenters. The molecular formula is C7H5BClI. The quantitative estimate of drug-likeness (QED) is 0.539. The Labute approximate surface area is 80.5 Å². The van der Waals surface area contributed by atoms with Crippen molar-refractivity contribution in [1.29, 1.82) is 0 Å². The number of halogens is 2. The predicted octanol–water partition coefficient (Wildman–Crippen LogP) is 2.61. The highest BCUT2D eigenvalue weighted by Gasteiger charge is 1.96. The Morgan fingerprint density at radius 3 is 2.70 bits per heavy atom. The zero-order valence-electron chi connectivity index (χ0n) is 5.27. The SMILES string of the molecule is [B]Cc1cc(I)ccc1Cl. The van der Waals surface area contributed by atoms with Crippen LogP contribution in [0.25, 0.3) is 0 Å². The molecule has 2 radical (unpaired) electrons. The van der Waals surface area contributed by atoms with Crippen LogP contribution < -0.4 is 0 Å². The third-order valence-corrected chi connectivity index (χ3v) is 2.27. The Bertz CT molecular complexity index is 237. The zero-order valence-corrected chi connectivity index (χ0v) is 8.19. The van der Waals surface area contributed by atoms with E-state index in [1.165, 1.54) is 3.57 Å². The van der Waals surface area contributed by atoms with Crippen molar-refractivity contribution < 1.29 is 0 Å². The van der Waals surface area contributed by atoms with Gasteiger partial charge < -0.3 is 0 Å². The molecule has 3 heteroatoms. The highest BCUT2D eigenvalue weighted by Crippen LogP contribution is 2.18. The summed E-state index contributed by atoms with van der Waals surface area (Å²) < 4.78 is 1.17. The Kier molecular flexibility index (Phi) is 3.05. The van der Waals surface area contributed by atoms with Crippen LogP contribution >= 0.6 is 34.2 Å². The second-order valence-corrected chi connectivity index (χ2v) is 3.59. The molecule has 0 bridgehead atoms. The summed E-state index contributed by atoms with van der Waals surface area (Å²) >= 11 is 8.04. The van der Waals surface area contributed by atoms with Gasteiger partial charge in [-0.15, -0.1) is 0 Å². The van der Waals surface area contributed by atoms with Gasteiger partial charge in [-0.1, -0.05) is 17.9 Å². The monoisotopic (exact) mass is 262 g/mol. The molecule has 0 N–H and O–H groups in total. The predicted molar refractivity (Wildman–Crippen MR) is 53.6 cm³/mol. The van der Waals surface area contributed by atoms with Crippen LogP contribution in [0.1, 0.15) is 5.56 Å². The smallest absolute Gasteiger partial charge is 0.0717 e. The minimum Gasteiger partial charge on any atom is -0.0841 e. The number of rotatable bonds is 1. The summed E-state index contributed by atoms with van der Waals surface area (Å²) in [5.74, 6) is 0. The summed E-state index contributed by atoms with van der Waals surface area (Å²) in [7, 11) is 5.43. The molecule has 0 atom stereocenters. The molecule has 0 saturated carbocycles. The maximum atomic E-state index is 5.81. The minimum atomic E-state index is 0.510. The summed E-state index contributed by atoms with van der Waals surface area (Å²) in [6, 6.07) is 5.82. The molecule has 0 heterocycles. The molecule has 0 aliphatic rings. The Hall–Kier alpha value is 0.305. The van der Waals surface area contributed by atoms with Crippen molar-refractivity contribution >= 4 is 42.0 Å². The first-order valence-corrected chi connectivity index (χ1v) is 4.33. The van der Waals surface area contributed by atoms with E-state index in [2.05, 4.69) is 22.6 Å². The molecule has 1 rings (SSSR count). The molecule has 0 aliphatic carbocycles. The van der Waals surface area contributed by atoms with Crippen LogP contribution in [0.2, 0.25) is 5.02 Å². The molecule has 1 aromatic rings. The van der Waals surface area contributed by atoms with Gasteiger partial charge in [0, 0.05) is 8.59 Å². The van der Waals surface area contributed by atoms with Crippen LogP contribution in [0.3, 0.4) is 0 Å². The van der Waals surface area contributed by atoms with Gasteiger partial charge in [0.25, 0.3) is 0 Å². The van der Waals surface area contributed by atoms with Gasteiger partial charge in [-0.2, -0.15) is 0 Å². The number of hydrogen-bond acceptors (Lipinski definition) is 0. The fraction of sp³-hybridized carbons (Fsp3) is 0.143. The lowest BCUT2D eigenvalue weighted by atomic mass is 9.97. The lowest BCUT2D eigenvalue weighted by Gasteiger charge is -1.99. The van der Waals surface area contributed by atoms with E-state index in [9.17, 15) is 0 Å². The third kappa shape index (κ3) is 1.89. The van der Waals surface area contributed by atoms with Crippen molar-refractivity contribution in [3.63, 3.8) is 0 Å². The highest BCUT2D eigenvalue weighted by molar-refractivity contribution is 14.1. The van der Waals surface area contributed by atoms with Crippen molar-refractivity contribution in [2.24, 2.45) is 0 Å². The molecule has 1 aromatic carbocycles. The van der Waals surface area contributed by atoms with Gasteiger partial charge in [-0.25, -0.2) is 0 Å². The fourth-order valence-corrected chi connectivity index (χ4v) is 1.45. The molecule has 0 aliphatic heterocycles. The maximum absolute atomic E-state index is 5.81. The molecule has 0 amide bonds. The van der Waals surface area contributed by atoms with E-state index in [-0.39, 0.29) is 0 Å². The van der Waals surface area contributed by atoms with Gasteiger partial charge in [0.15, 0.2) is 0 Å². The summed E-state index contributed by atoms with van der Waals surface area (Å²) in [6.45, 7) is 0. The van der Waals surface area contributed by atoms with Crippen molar-refractivity contribution in [2.75, 3.05) is 0 Å². The van der Waals surface area contributed by atoms with E-state index in [0.717, 1.165) is 10.6 Å². The summed E-state index contributed by atoms with van der Waals surface area (Å²) in [6.07, 6.45) is 0.510. The van der Waals surface area contributed by atoms with Gasteiger partial charge in [0.2, 0.25) is 0 Å². The summed E-state index contributed by atoms with van der Waals surface area (Å²) in [5.41, 5.74) is 1.01. The van der Waals surface area contributed by atoms with Gasteiger partial charge in [0.05, 0.1) is 7.85 Å². The van der Waals surface area contributed by atoms with Gasteiger partial charge >= 0.3 is 0 Å². The van der Waals surface area contributed by atoms with E-state index in [4.69, 9.17) is 19.4 Å². The van der Waals surface area contributed by atoms with E-state index in [1.807, 2.05) is 18.2 Å². The minimum absolute atomic E-state index is 0.510.